The van der Waals surface area contributed by atoms with Crippen LogP contribution in [0.5, 0.6) is 0 Å². The van der Waals surface area contributed by atoms with Crippen LogP contribution in [0.2, 0.25) is 0 Å². The average molecular weight is 210 g/mol. The van der Waals surface area contributed by atoms with Gasteiger partial charge in [0.15, 0.2) is 0 Å². The second-order valence-corrected chi connectivity index (χ2v) is 5.96. The summed E-state index contributed by atoms with van der Waals surface area (Å²) in [5.74, 6) is 0.766. The summed E-state index contributed by atoms with van der Waals surface area (Å²) in [4.78, 5) is 2.76. The first-order chi connectivity index (χ1) is 7.15. The Hall–Kier alpha value is -0.0800. The Morgan fingerprint density at radius 2 is 2.00 bits per heavy atom. The van der Waals surface area contributed by atoms with E-state index in [1.54, 1.807) is 0 Å². The molecule has 0 amide bonds. The molecule has 2 N–H and O–H groups in total. The predicted molar refractivity (Wildman–Crippen MR) is 64.8 cm³/mol. The van der Waals surface area contributed by atoms with E-state index in [1.807, 2.05) is 0 Å². The maximum Gasteiger partial charge on any atom is 0.0156 e. The molecular weight excluding hydrogens is 184 g/mol. The van der Waals surface area contributed by atoms with Gasteiger partial charge in [-0.2, -0.15) is 0 Å². The Balaban J connectivity index is 2.07. The number of nitrogens with two attached hydrogens (primary N) is 1. The molecule has 88 valence electrons. The van der Waals surface area contributed by atoms with Gasteiger partial charge in [0.05, 0.1) is 0 Å². The molecule has 1 heterocycles. The molecule has 0 aromatic carbocycles. The number of hydrogen-bond donors (Lipinski definition) is 1. The van der Waals surface area contributed by atoms with Crippen molar-refractivity contribution in [1.82, 2.24) is 4.90 Å². The summed E-state index contributed by atoms with van der Waals surface area (Å²) in [6.45, 7) is 7.02. The molecule has 0 aromatic heterocycles. The molecule has 2 heteroatoms. The molecule has 2 rings (SSSR count). The van der Waals surface area contributed by atoms with Crippen molar-refractivity contribution in [2.75, 3.05) is 13.1 Å². The number of nitrogens with zero attached hydrogens (tertiary/aromatic N) is 1. The maximum absolute atomic E-state index is 5.89. The minimum absolute atomic E-state index is 0.417. The standard InChI is InChI=1S/C13H26N2/c1-13(2)8-3-4-9-15(13)12-7-5-6-11(12)10-14/h11-12H,3-10,14H2,1-2H3. The molecule has 0 radical (unpaired) electrons. The van der Waals surface area contributed by atoms with E-state index in [1.165, 1.54) is 45.1 Å². The molecule has 15 heavy (non-hydrogen) atoms. The highest BCUT2D eigenvalue weighted by atomic mass is 15.2. The van der Waals surface area contributed by atoms with Crippen molar-refractivity contribution in [3.05, 3.63) is 0 Å². The van der Waals surface area contributed by atoms with Crippen LogP contribution in [0.15, 0.2) is 0 Å². The number of likely N-dealkylation sites (tertiary alicyclic amines) is 1. The highest BCUT2D eigenvalue weighted by Gasteiger charge is 2.39. The third kappa shape index (κ3) is 2.21. The number of hydrogen-bond acceptors (Lipinski definition) is 2. The lowest BCUT2D eigenvalue weighted by Crippen LogP contribution is -2.54. The van der Waals surface area contributed by atoms with Gasteiger partial charge in [0, 0.05) is 11.6 Å². The van der Waals surface area contributed by atoms with E-state index in [0.29, 0.717) is 5.54 Å². The van der Waals surface area contributed by atoms with Gasteiger partial charge in [-0.15, -0.1) is 0 Å². The molecule has 0 bridgehead atoms. The fourth-order valence-electron chi connectivity index (χ4n) is 3.60. The minimum atomic E-state index is 0.417. The Morgan fingerprint density at radius 1 is 1.20 bits per heavy atom. The summed E-state index contributed by atoms with van der Waals surface area (Å²) in [6, 6.07) is 0.783. The van der Waals surface area contributed by atoms with Gasteiger partial charge in [0.2, 0.25) is 0 Å². The monoisotopic (exact) mass is 210 g/mol. The number of rotatable bonds is 2. The normalized spacial score (nSPS) is 37.0. The summed E-state index contributed by atoms with van der Waals surface area (Å²) in [7, 11) is 0. The highest BCUT2D eigenvalue weighted by molar-refractivity contribution is 4.95. The van der Waals surface area contributed by atoms with Crippen molar-refractivity contribution in [3.63, 3.8) is 0 Å². The molecule has 1 saturated heterocycles. The second kappa shape index (κ2) is 4.42. The predicted octanol–water partition coefficient (Wildman–Crippen LogP) is 2.38. The lowest BCUT2D eigenvalue weighted by atomic mass is 9.86. The quantitative estimate of drug-likeness (QED) is 0.758. The SMILES string of the molecule is CC1(C)CCCCN1C1CCCC1CN. The molecule has 2 fully saturated rings. The lowest BCUT2D eigenvalue weighted by molar-refractivity contribution is 0.0188. The van der Waals surface area contributed by atoms with Crippen LogP contribution in [-0.4, -0.2) is 29.6 Å². The lowest BCUT2D eigenvalue weighted by Gasteiger charge is -2.47. The van der Waals surface area contributed by atoms with Crippen LogP contribution in [0.3, 0.4) is 0 Å². The highest BCUT2D eigenvalue weighted by Crippen LogP contribution is 2.37. The molecule has 1 aliphatic carbocycles. The smallest absolute Gasteiger partial charge is 0.0156 e. The molecule has 2 atom stereocenters. The summed E-state index contributed by atoms with van der Waals surface area (Å²) >= 11 is 0. The summed E-state index contributed by atoms with van der Waals surface area (Å²) in [5.41, 5.74) is 6.31. The van der Waals surface area contributed by atoms with Crippen molar-refractivity contribution in [2.45, 2.75) is 64.0 Å². The van der Waals surface area contributed by atoms with Crippen LogP contribution in [0.25, 0.3) is 0 Å². The van der Waals surface area contributed by atoms with Crippen LogP contribution in [0, 0.1) is 5.92 Å². The topological polar surface area (TPSA) is 29.3 Å². The van der Waals surface area contributed by atoms with E-state index in [0.717, 1.165) is 18.5 Å². The summed E-state index contributed by atoms with van der Waals surface area (Å²) in [6.07, 6.45) is 8.28. The molecule has 0 spiro atoms. The van der Waals surface area contributed by atoms with Crippen molar-refractivity contribution >= 4 is 0 Å². The molecule has 2 nitrogen and oxygen atoms in total. The van der Waals surface area contributed by atoms with Gasteiger partial charge in [-0.3, -0.25) is 4.90 Å². The van der Waals surface area contributed by atoms with Crippen molar-refractivity contribution in [2.24, 2.45) is 11.7 Å². The molecule has 2 unspecified atom stereocenters. The second-order valence-electron chi connectivity index (χ2n) is 5.96. The van der Waals surface area contributed by atoms with Crippen molar-refractivity contribution in [1.29, 1.82) is 0 Å². The number of piperidine rings is 1. The van der Waals surface area contributed by atoms with Gasteiger partial charge in [0.25, 0.3) is 0 Å². The zero-order valence-corrected chi connectivity index (χ0v) is 10.3. The van der Waals surface area contributed by atoms with Crippen LogP contribution < -0.4 is 5.73 Å². The van der Waals surface area contributed by atoms with Crippen LogP contribution >= 0.6 is 0 Å². The fourth-order valence-corrected chi connectivity index (χ4v) is 3.60. The summed E-state index contributed by atoms with van der Waals surface area (Å²) < 4.78 is 0. The van der Waals surface area contributed by atoms with Gasteiger partial charge >= 0.3 is 0 Å². The zero-order chi connectivity index (χ0) is 10.9. The summed E-state index contributed by atoms with van der Waals surface area (Å²) in [5, 5.41) is 0. The average Bonchev–Trinajstić information content (AvgIpc) is 2.64. The first-order valence-electron chi connectivity index (χ1n) is 6.62. The van der Waals surface area contributed by atoms with Gasteiger partial charge in [-0.05, 0) is 58.5 Å². The minimum Gasteiger partial charge on any atom is -0.330 e. The molecule has 1 aliphatic heterocycles. The van der Waals surface area contributed by atoms with Crippen LogP contribution in [0.1, 0.15) is 52.4 Å². The largest absolute Gasteiger partial charge is 0.330 e. The first-order valence-corrected chi connectivity index (χ1v) is 6.62. The van der Waals surface area contributed by atoms with Gasteiger partial charge in [-0.25, -0.2) is 0 Å². The molecule has 2 aliphatic rings. The Labute approximate surface area is 94.2 Å². The molecule has 1 saturated carbocycles. The van der Waals surface area contributed by atoms with Crippen molar-refractivity contribution in [3.8, 4) is 0 Å². The third-order valence-corrected chi connectivity index (χ3v) is 4.54. The Morgan fingerprint density at radius 3 is 2.67 bits per heavy atom. The van der Waals surface area contributed by atoms with Gasteiger partial charge in [-0.1, -0.05) is 12.8 Å². The first kappa shape index (κ1) is 11.4. The van der Waals surface area contributed by atoms with Gasteiger partial charge in [0.1, 0.15) is 0 Å². The maximum atomic E-state index is 5.89. The van der Waals surface area contributed by atoms with E-state index in [9.17, 15) is 0 Å². The zero-order valence-electron chi connectivity index (χ0n) is 10.3. The van der Waals surface area contributed by atoms with E-state index < -0.39 is 0 Å². The fraction of sp³-hybridized carbons (Fsp3) is 1.00. The van der Waals surface area contributed by atoms with Crippen molar-refractivity contribution < 1.29 is 0 Å². The van der Waals surface area contributed by atoms with Gasteiger partial charge < -0.3 is 5.73 Å². The van der Waals surface area contributed by atoms with E-state index in [4.69, 9.17) is 5.73 Å². The van der Waals surface area contributed by atoms with E-state index in [2.05, 4.69) is 18.7 Å². The third-order valence-electron chi connectivity index (χ3n) is 4.54. The van der Waals surface area contributed by atoms with Crippen LogP contribution in [0.4, 0.5) is 0 Å². The van der Waals surface area contributed by atoms with E-state index in [-0.39, 0.29) is 0 Å². The van der Waals surface area contributed by atoms with Crippen LogP contribution in [-0.2, 0) is 0 Å². The Bertz CT molecular complexity index is 213. The van der Waals surface area contributed by atoms with E-state index >= 15 is 0 Å². The molecular formula is C13H26N2. The Kier molecular flexibility index (Phi) is 3.36. The molecule has 0 aromatic rings.